The van der Waals surface area contributed by atoms with Gasteiger partial charge < -0.3 is 19.5 Å². The predicted octanol–water partition coefficient (Wildman–Crippen LogP) is 3.17. The molecule has 8 heteroatoms. The smallest absolute Gasteiger partial charge is 0.270 e. The number of nitrogens with one attached hydrogen (secondary N) is 1. The number of piperazine rings is 1. The third-order valence-corrected chi connectivity index (χ3v) is 5.29. The molecule has 1 aliphatic rings. The molecular formula is C25H22FN3O4. The van der Waals surface area contributed by atoms with Gasteiger partial charge >= 0.3 is 0 Å². The Hall–Kier alpha value is -4.20. The molecule has 2 aromatic carbocycles. The maximum Gasteiger partial charge on any atom is 0.270 e. The van der Waals surface area contributed by atoms with Gasteiger partial charge in [0, 0.05) is 43.4 Å². The van der Waals surface area contributed by atoms with Crippen LogP contribution in [0.2, 0.25) is 0 Å². The van der Waals surface area contributed by atoms with E-state index >= 15 is 0 Å². The summed E-state index contributed by atoms with van der Waals surface area (Å²) in [5.74, 6) is -0.977. The van der Waals surface area contributed by atoms with Crippen LogP contribution in [0.25, 0.3) is 6.08 Å². The number of carbonyl (C=O) groups is 3. The fourth-order valence-electron chi connectivity index (χ4n) is 3.51. The Morgan fingerprint density at radius 3 is 2.12 bits per heavy atom. The standard InChI is InChI=1S/C25H22FN3O4/c26-20-10-8-19(9-11-20)24(31)28-12-14-29(15-13-28)25(32)22(17-21-7-4-16-33-21)27-23(30)18-5-2-1-3-6-18/h1-11,16-17H,12-15H2,(H,27,30)/b22-17-. The molecule has 0 spiro atoms. The fraction of sp³-hybridized carbons (Fsp3) is 0.160. The molecule has 4 rings (SSSR count). The van der Waals surface area contributed by atoms with Gasteiger partial charge in [0.2, 0.25) is 0 Å². The zero-order valence-electron chi connectivity index (χ0n) is 17.7. The van der Waals surface area contributed by atoms with Crippen molar-refractivity contribution in [2.24, 2.45) is 0 Å². The highest BCUT2D eigenvalue weighted by molar-refractivity contribution is 6.05. The largest absolute Gasteiger partial charge is 0.465 e. The average Bonchev–Trinajstić information content (AvgIpc) is 3.37. The minimum atomic E-state index is -0.410. The summed E-state index contributed by atoms with van der Waals surface area (Å²) in [5, 5.41) is 2.69. The molecule has 0 unspecified atom stereocenters. The normalized spacial score (nSPS) is 14.2. The number of carbonyl (C=O) groups excluding carboxylic acids is 3. The Morgan fingerprint density at radius 1 is 0.818 bits per heavy atom. The van der Waals surface area contributed by atoms with Crippen LogP contribution in [0.4, 0.5) is 4.39 Å². The Morgan fingerprint density at radius 2 is 1.48 bits per heavy atom. The second-order valence-electron chi connectivity index (χ2n) is 7.48. The highest BCUT2D eigenvalue weighted by Crippen LogP contribution is 2.14. The lowest BCUT2D eigenvalue weighted by atomic mass is 10.1. The molecule has 1 N–H and O–H groups in total. The van der Waals surface area contributed by atoms with Crippen LogP contribution in [-0.4, -0.2) is 53.7 Å². The predicted molar refractivity (Wildman–Crippen MR) is 119 cm³/mol. The number of rotatable bonds is 5. The van der Waals surface area contributed by atoms with Crippen LogP contribution in [-0.2, 0) is 4.79 Å². The van der Waals surface area contributed by atoms with Crippen molar-refractivity contribution in [3.8, 4) is 0 Å². The Kier molecular flexibility index (Phi) is 6.64. The summed E-state index contributed by atoms with van der Waals surface area (Å²) in [4.78, 5) is 41.7. The number of halogens is 1. The van der Waals surface area contributed by atoms with Crippen LogP contribution < -0.4 is 5.32 Å². The maximum absolute atomic E-state index is 13.2. The highest BCUT2D eigenvalue weighted by Gasteiger charge is 2.27. The Labute approximate surface area is 190 Å². The Balaban J connectivity index is 1.45. The zero-order chi connectivity index (χ0) is 23.2. The van der Waals surface area contributed by atoms with Gasteiger partial charge in [-0.15, -0.1) is 0 Å². The van der Waals surface area contributed by atoms with E-state index in [1.54, 1.807) is 52.3 Å². The summed E-state index contributed by atoms with van der Waals surface area (Å²) in [5.41, 5.74) is 0.896. The number of hydrogen-bond acceptors (Lipinski definition) is 4. The average molecular weight is 447 g/mol. The van der Waals surface area contributed by atoms with Crippen LogP contribution in [0.5, 0.6) is 0 Å². The molecule has 1 saturated heterocycles. The van der Waals surface area contributed by atoms with E-state index in [1.165, 1.54) is 36.6 Å². The molecule has 2 heterocycles. The van der Waals surface area contributed by atoms with Gasteiger partial charge in [-0.3, -0.25) is 14.4 Å². The molecular weight excluding hydrogens is 425 g/mol. The van der Waals surface area contributed by atoms with E-state index in [0.29, 0.717) is 43.1 Å². The topological polar surface area (TPSA) is 82.9 Å². The second-order valence-corrected chi connectivity index (χ2v) is 7.48. The van der Waals surface area contributed by atoms with Crippen LogP contribution in [0.1, 0.15) is 26.5 Å². The molecule has 7 nitrogen and oxygen atoms in total. The lowest BCUT2D eigenvalue weighted by Gasteiger charge is -2.35. The monoisotopic (exact) mass is 447 g/mol. The number of amides is 3. The van der Waals surface area contributed by atoms with Crippen molar-refractivity contribution in [1.82, 2.24) is 15.1 Å². The quantitative estimate of drug-likeness (QED) is 0.609. The van der Waals surface area contributed by atoms with Crippen molar-refractivity contribution >= 4 is 23.8 Å². The minimum absolute atomic E-state index is 0.0807. The minimum Gasteiger partial charge on any atom is -0.465 e. The molecule has 1 aliphatic heterocycles. The summed E-state index contributed by atoms with van der Waals surface area (Å²) in [6, 6.07) is 17.3. The fourth-order valence-corrected chi connectivity index (χ4v) is 3.51. The highest BCUT2D eigenvalue weighted by atomic mass is 19.1. The lowest BCUT2D eigenvalue weighted by molar-refractivity contribution is -0.128. The van der Waals surface area contributed by atoms with E-state index in [4.69, 9.17) is 4.42 Å². The molecule has 3 amide bonds. The van der Waals surface area contributed by atoms with Gasteiger partial charge in [0.05, 0.1) is 6.26 Å². The van der Waals surface area contributed by atoms with Gasteiger partial charge in [-0.1, -0.05) is 18.2 Å². The van der Waals surface area contributed by atoms with Crippen LogP contribution >= 0.6 is 0 Å². The van der Waals surface area contributed by atoms with E-state index in [9.17, 15) is 18.8 Å². The number of hydrogen-bond donors (Lipinski definition) is 1. The van der Waals surface area contributed by atoms with Crippen molar-refractivity contribution in [3.05, 3.63) is 101 Å². The molecule has 0 atom stereocenters. The van der Waals surface area contributed by atoms with Crippen molar-refractivity contribution in [2.75, 3.05) is 26.2 Å². The summed E-state index contributed by atoms with van der Waals surface area (Å²) in [6.07, 6.45) is 2.96. The number of furan rings is 1. The summed E-state index contributed by atoms with van der Waals surface area (Å²) >= 11 is 0. The third-order valence-electron chi connectivity index (χ3n) is 5.29. The molecule has 0 bridgehead atoms. The SMILES string of the molecule is O=C(N/C(=C\c1ccco1)C(=O)N1CCN(C(=O)c2ccc(F)cc2)CC1)c1ccccc1. The van der Waals surface area contributed by atoms with Gasteiger partial charge in [0.25, 0.3) is 17.7 Å². The molecule has 168 valence electrons. The lowest BCUT2D eigenvalue weighted by Crippen LogP contribution is -2.52. The number of nitrogens with zero attached hydrogens (tertiary/aromatic N) is 2. The van der Waals surface area contributed by atoms with Crippen LogP contribution in [0, 0.1) is 5.82 Å². The molecule has 0 saturated carbocycles. The molecule has 3 aromatic rings. The first-order valence-electron chi connectivity index (χ1n) is 10.5. The molecule has 0 aliphatic carbocycles. The summed E-state index contributed by atoms with van der Waals surface area (Å²) in [6.45, 7) is 1.23. The van der Waals surface area contributed by atoms with Crippen LogP contribution in [0.15, 0.2) is 83.1 Å². The van der Waals surface area contributed by atoms with E-state index in [2.05, 4.69) is 5.32 Å². The van der Waals surface area contributed by atoms with Gasteiger partial charge in [0.1, 0.15) is 17.3 Å². The summed E-state index contributed by atoms with van der Waals surface area (Å²) in [7, 11) is 0. The van der Waals surface area contributed by atoms with Crippen molar-refractivity contribution in [1.29, 1.82) is 0 Å². The molecule has 1 aromatic heterocycles. The Bertz CT molecular complexity index is 1150. The third kappa shape index (κ3) is 5.35. The first kappa shape index (κ1) is 22.0. The molecule has 0 radical (unpaired) electrons. The first-order valence-corrected chi connectivity index (χ1v) is 10.5. The van der Waals surface area contributed by atoms with Crippen molar-refractivity contribution in [3.63, 3.8) is 0 Å². The van der Waals surface area contributed by atoms with Crippen molar-refractivity contribution in [2.45, 2.75) is 0 Å². The van der Waals surface area contributed by atoms with E-state index in [1.807, 2.05) is 0 Å². The van der Waals surface area contributed by atoms with Gasteiger partial charge in [-0.05, 0) is 48.5 Å². The summed E-state index contributed by atoms with van der Waals surface area (Å²) < 4.78 is 18.4. The first-order chi connectivity index (χ1) is 16.0. The van der Waals surface area contributed by atoms with E-state index in [0.717, 1.165) is 0 Å². The van der Waals surface area contributed by atoms with Gasteiger partial charge in [-0.25, -0.2) is 4.39 Å². The van der Waals surface area contributed by atoms with Crippen molar-refractivity contribution < 1.29 is 23.2 Å². The molecule has 33 heavy (non-hydrogen) atoms. The van der Waals surface area contributed by atoms with Gasteiger partial charge in [-0.2, -0.15) is 0 Å². The number of benzene rings is 2. The van der Waals surface area contributed by atoms with E-state index in [-0.39, 0.29) is 17.5 Å². The maximum atomic E-state index is 13.2. The zero-order valence-corrected chi connectivity index (χ0v) is 17.7. The van der Waals surface area contributed by atoms with E-state index < -0.39 is 11.7 Å². The van der Waals surface area contributed by atoms with Crippen LogP contribution in [0.3, 0.4) is 0 Å². The van der Waals surface area contributed by atoms with Gasteiger partial charge in [0.15, 0.2) is 0 Å². The molecule has 1 fully saturated rings. The second kappa shape index (κ2) is 9.95.